The number of nitrogens with zero attached hydrogens (tertiary/aromatic N) is 5. The van der Waals surface area contributed by atoms with Gasteiger partial charge in [-0.1, -0.05) is 0 Å². The smallest absolute Gasteiger partial charge is 0.243 e. The molecular weight excluding hydrogens is 402 g/mol. The van der Waals surface area contributed by atoms with Crippen LogP contribution in [0, 0.1) is 0 Å². The molecule has 1 atom stereocenters. The molecule has 0 unspecified atom stereocenters. The van der Waals surface area contributed by atoms with Crippen LogP contribution in [0.2, 0.25) is 0 Å². The minimum absolute atomic E-state index is 0.0346. The fraction of sp³-hybridized carbons (Fsp3) is 0.524. The number of benzene rings is 1. The van der Waals surface area contributed by atoms with E-state index in [4.69, 9.17) is 14.7 Å². The normalized spacial score (nSPS) is 17.9. The third kappa shape index (κ3) is 5.08. The van der Waals surface area contributed by atoms with Gasteiger partial charge in [0.2, 0.25) is 10.0 Å². The molecule has 2 aromatic rings. The van der Waals surface area contributed by atoms with Gasteiger partial charge < -0.3 is 14.5 Å². The van der Waals surface area contributed by atoms with Gasteiger partial charge in [-0.2, -0.15) is 4.31 Å². The molecule has 0 aliphatic carbocycles. The third-order valence-corrected chi connectivity index (χ3v) is 7.05. The SMILES string of the molecule is COc1ccc(S(=O)(=O)N2CCC[C@@H](c3nc(CN(C)C)cc(N(C)C)n3)C2)cc1. The van der Waals surface area contributed by atoms with E-state index in [1.54, 1.807) is 35.7 Å². The average Bonchev–Trinajstić information content (AvgIpc) is 2.73. The van der Waals surface area contributed by atoms with Crippen LogP contribution in [0.1, 0.15) is 30.3 Å². The van der Waals surface area contributed by atoms with Crippen LogP contribution >= 0.6 is 0 Å². The zero-order chi connectivity index (χ0) is 21.9. The molecule has 30 heavy (non-hydrogen) atoms. The Morgan fingerprint density at radius 1 is 1.13 bits per heavy atom. The molecule has 1 saturated heterocycles. The highest BCUT2D eigenvalue weighted by Crippen LogP contribution is 2.30. The Hall–Kier alpha value is -2.23. The highest BCUT2D eigenvalue weighted by molar-refractivity contribution is 7.89. The Morgan fingerprint density at radius 3 is 2.43 bits per heavy atom. The van der Waals surface area contributed by atoms with Crippen molar-refractivity contribution in [1.82, 2.24) is 19.2 Å². The second-order valence-corrected chi connectivity index (χ2v) is 10.0. The van der Waals surface area contributed by atoms with Gasteiger partial charge in [-0.25, -0.2) is 18.4 Å². The van der Waals surface area contributed by atoms with Crippen molar-refractivity contribution in [2.24, 2.45) is 0 Å². The number of methoxy groups -OCH3 is 1. The van der Waals surface area contributed by atoms with Crippen molar-refractivity contribution in [3.63, 3.8) is 0 Å². The summed E-state index contributed by atoms with van der Waals surface area (Å²) in [4.78, 5) is 13.8. The number of anilines is 1. The summed E-state index contributed by atoms with van der Waals surface area (Å²) in [6, 6.07) is 8.52. The number of aromatic nitrogens is 2. The van der Waals surface area contributed by atoms with Crippen molar-refractivity contribution < 1.29 is 13.2 Å². The minimum Gasteiger partial charge on any atom is -0.497 e. The van der Waals surface area contributed by atoms with E-state index in [1.807, 2.05) is 39.2 Å². The first-order chi connectivity index (χ1) is 14.2. The first-order valence-electron chi connectivity index (χ1n) is 10.0. The van der Waals surface area contributed by atoms with Crippen LogP contribution in [0.4, 0.5) is 5.82 Å². The average molecular weight is 434 g/mol. The van der Waals surface area contributed by atoms with Crippen LogP contribution < -0.4 is 9.64 Å². The van der Waals surface area contributed by atoms with Crippen LogP contribution in [0.5, 0.6) is 5.75 Å². The Bertz CT molecular complexity index is 961. The maximum absolute atomic E-state index is 13.2. The Balaban J connectivity index is 1.87. The lowest BCUT2D eigenvalue weighted by molar-refractivity contribution is 0.308. The summed E-state index contributed by atoms with van der Waals surface area (Å²) >= 11 is 0. The van der Waals surface area contributed by atoms with Gasteiger partial charge in [0.15, 0.2) is 0 Å². The lowest BCUT2D eigenvalue weighted by Crippen LogP contribution is -2.39. The molecule has 1 fully saturated rings. The topological polar surface area (TPSA) is 78.9 Å². The van der Waals surface area contributed by atoms with Gasteiger partial charge >= 0.3 is 0 Å². The summed E-state index contributed by atoms with van der Waals surface area (Å²) in [5.41, 5.74) is 0.934. The molecule has 3 rings (SSSR count). The van der Waals surface area contributed by atoms with Crippen LogP contribution in [0.25, 0.3) is 0 Å². The highest BCUT2D eigenvalue weighted by atomic mass is 32.2. The molecule has 0 amide bonds. The predicted molar refractivity (Wildman–Crippen MR) is 117 cm³/mol. The van der Waals surface area contributed by atoms with Gasteiger partial charge in [0.1, 0.15) is 17.4 Å². The van der Waals surface area contributed by atoms with Crippen molar-refractivity contribution in [3.8, 4) is 5.75 Å². The molecule has 9 heteroatoms. The fourth-order valence-electron chi connectivity index (χ4n) is 3.59. The van der Waals surface area contributed by atoms with E-state index in [-0.39, 0.29) is 10.8 Å². The Labute approximate surface area is 179 Å². The zero-order valence-electron chi connectivity index (χ0n) is 18.4. The summed E-state index contributed by atoms with van der Waals surface area (Å²) in [5, 5.41) is 0. The highest BCUT2D eigenvalue weighted by Gasteiger charge is 2.32. The van der Waals surface area contributed by atoms with Crippen molar-refractivity contribution in [3.05, 3.63) is 41.9 Å². The largest absolute Gasteiger partial charge is 0.497 e. The van der Waals surface area contributed by atoms with Crippen molar-refractivity contribution in [1.29, 1.82) is 0 Å². The van der Waals surface area contributed by atoms with Gasteiger partial charge in [-0.3, -0.25) is 0 Å². The number of sulfonamides is 1. The van der Waals surface area contributed by atoms with E-state index in [9.17, 15) is 8.42 Å². The molecule has 164 valence electrons. The number of piperidine rings is 1. The van der Waals surface area contributed by atoms with E-state index in [0.717, 1.165) is 24.4 Å². The number of rotatable bonds is 7. The lowest BCUT2D eigenvalue weighted by atomic mass is 9.98. The summed E-state index contributed by atoms with van der Waals surface area (Å²) in [6.45, 7) is 1.59. The van der Waals surface area contributed by atoms with Crippen molar-refractivity contribution in [2.45, 2.75) is 30.2 Å². The lowest BCUT2D eigenvalue weighted by Gasteiger charge is -2.31. The molecule has 0 bridgehead atoms. The molecule has 1 aliphatic rings. The van der Waals surface area contributed by atoms with Crippen LogP contribution in [0.15, 0.2) is 35.2 Å². The third-order valence-electron chi connectivity index (χ3n) is 5.17. The summed E-state index contributed by atoms with van der Waals surface area (Å²) in [5.74, 6) is 2.15. The molecule has 0 radical (unpaired) electrons. The number of hydrogen-bond donors (Lipinski definition) is 0. The second-order valence-electron chi connectivity index (χ2n) is 8.09. The Kier molecular flexibility index (Phi) is 6.95. The monoisotopic (exact) mass is 433 g/mol. The van der Waals surface area contributed by atoms with Crippen molar-refractivity contribution in [2.75, 3.05) is 53.3 Å². The van der Waals surface area contributed by atoms with E-state index in [1.165, 1.54) is 0 Å². The molecule has 2 heterocycles. The Morgan fingerprint density at radius 2 is 1.83 bits per heavy atom. The van der Waals surface area contributed by atoms with Gasteiger partial charge in [0, 0.05) is 45.7 Å². The van der Waals surface area contributed by atoms with Crippen molar-refractivity contribution >= 4 is 15.8 Å². The standard InChI is InChI=1S/C21H31N5O3S/c1-24(2)15-17-13-20(25(3)4)23-21(22-17)16-7-6-12-26(14-16)30(27,28)19-10-8-18(29-5)9-11-19/h8-11,13,16H,6-7,12,14-15H2,1-5H3/t16-/m1/s1. The van der Waals surface area contributed by atoms with Gasteiger partial charge in [0.05, 0.1) is 17.7 Å². The van der Waals surface area contributed by atoms with Crippen LogP contribution in [-0.2, 0) is 16.6 Å². The van der Waals surface area contributed by atoms with E-state index in [0.29, 0.717) is 31.2 Å². The molecule has 1 aromatic carbocycles. The molecule has 8 nitrogen and oxygen atoms in total. The molecular formula is C21H31N5O3S. The maximum atomic E-state index is 13.2. The molecule has 1 aliphatic heterocycles. The molecule has 0 N–H and O–H groups in total. The van der Waals surface area contributed by atoms with Crippen LogP contribution in [0.3, 0.4) is 0 Å². The van der Waals surface area contributed by atoms with Gasteiger partial charge in [-0.05, 0) is 51.2 Å². The van der Waals surface area contributed by atoms with Gasteiger partial charge in [-0.15, -0.1) is 0 Å². The molecule has 0 saturated carbocycles. The summed E-state index contributed by atoms with van der Waals surface area (Å²) in [6.07, 6.45) is 1.64. The van der Waals surface area contributed by atoms with Gasteiger partial charge in [0.25, 0.3) is 0 Å². The quantitative estimate of drug-likeness (QED) is 0.662. The summed E-state index contributed by atoms with van der Waals surface area (Å²) in [7, 11) is 5.88. The van der Waals surface area contributed by atoms with E-state index >= 15 is 0 Å². The minimum atomic E-state index is -3.58. The molecule has 1 aromatic heterocycles. The zero-order valence-corrected chi connectivity index (χ0v) is 19.2. The van der Waals surface area contributed by atoms with E-state index in [2.05, 4.69) is 4.90 Å². The summed E-state index contributed by atoms with van der Waals surface area (Å²) < 4.78 is 33.1. The first-order valence-corrected chi connectivity index (χ1v) is 11.5. The number of hydrogen-bond acceptors (Lipinski definition) is 7. The second kappa shape index (κ2) is 9.28. The molecule has 0 spiro atoms. The first kappa shape index (κ1) is 22.5. The van der Waals surface area contributed by atoms with E-state index < -0.39 is 10.0 Å². The number of ether oxygens (including phenoxy) is 1. The fourth-order valence-corrected chi connectivity index (χ4v) is 5.11. The van der Waals surface area contributed by atoms with Crippen LogP contribution in [-0.4, -0.2) is 76.0 Å². The predicted octanol–water partition coefficient (Wildman–Crippen LogP) is 2.18. The maximum Gasteiger partial charge on any atom is 0.243 e.